The van der Waals surface area contributed by atoms with Crippen LogP contribution in [0.1, 0.15) is 45.1 Å². The number of ether oxygens (including phenoxy) is 1. The van der Waals surface area contributed by atoms with E-state index in [1.165, 1.54) is 5.56 Å². The average Bonchev–Trinajstić information content (AvgIpc) is 2.81. The van der Waals surface area contributed by atoms with Gasteiger partial charge in [-0.1, -0.05) is 18.2 Å². The molecular weight excluding hydrogens is 324 g/mol. The van der Waals surface area contributed by atoms with Crippen LogP contribution in [0.5, 0.6) is 5.75 Å². The van der Waals surface area contributed by atoms with Crippen LogP contribution in [0.25, 0.3) is 0 Å². The van der Waals surface area contributed by atoms with E-state index in [-0.39, 0.29) is 29.3 Å². The minimum atomic E-state index is -0.333. The lowest BCUT2D eigenvalue weighted by Crippen LogP contribution is -2.50. The highest BCUT2D eigenvalue weighted by Gasteiger charge is 2.57. The van der Waals surface area contributed by atoms with Gasteiger partial charge in [-0.15, -0.1) is 12.4 Å². The molecule has 0 aliphatic carbocycles. The Morgan fingerprint density at radius 1 is 1.29 bits per heavy atom. The van der Waals surface area contributed by atoms with Crippen LogP contribution in [0.3, 0.4) is 0 Å². The molecule has 1 spiro atoms. The lowest BCUT2D eigenvalue weighted by molar-refractivity contribution is -0.141. The molecular formula is C19H29ClN2O2. The van der Waals surface area contributed by atoms with Crippen molar-refractivity contribution in [3.05, 3.63) is 29.8 Å². The summed E-state index contributed by atoms with van der Waals surface area (Å²) in [6, 6.07) is 8.17. The molecule has 2 atom stereocenters. The van der Waals surface area contributed by atoms with E-state index in [0.717, 1.165) is 38.2 Å². The van der Waals surface area contributed by atoms with Gasteiger partial charge in [-0.2, -0.15) is 0 Å². The molecule has 1 amide bonds. The highest BCUT2D eigenvalue weighted by Crippen LogP contribution is 2.51. The summed E-state index contributed by atoms with van der Waals surface area (Å²) in [7, 11) is 1.71. The number of benzene rings is 1. The van der Waals surface area contributed by atoms with Crippen LogP contribution in [-0.4, -0.2) is 43.1 Å². The molecule has 0 bridgehead atoms. The first-order valence-corrected chi connectivity index (χ1v) is 8.56. The summed E-state index contributed by atoms with van der Waals surface area (Å²) in [6.45, 7) is 8.91. The van der Waals surface area contributed by atoms with E-state index in [4.69, 9.17) is 4.74 Å². The Hall–Kier alpha value is -1.26. The smallest absolute Gasteiger partial charge is 0.231 e. The van der Waals surface area contributed by atoms with Crippen LogP contribution in [0, 0.1) is 5.41 Å². The number of hydrogen-bond acceptors (Lipinski definition) is 3. The molecule has 134 valence electrons. The zero-order valence-electron chi connectivity index (χ0n) is 15.1. The predicted molar refractivity (Wildman–Crippen MR) is 99.0 cm³/mol. The van der Waals surface area contributed by atoms with E-state index in [1.807, 2.05) is 18.2 Å². The van der Waals surface area contributed by atoms with E-state index >= 15 is 0 Å². The maximum absolute atomic E-state index is 13.4. The van der Waals surface area contributed by atoms with Crippen LogP contribution >= 0.6 is 12.4 Å². The molecule has 0 aromatic heterocycles. The molecule has 3 rings (SSSR count). The SMILES string of the molecule is COc1ccccc1C1CN(C(C)(C)C)C(=O)C12CCCNC2.Cl. The number of carbonyl (C=O) groups is 1. The number of amides is 1. The minimum Gasteiger partial charge on any atom is -0.496 e. The Morgan fingerprint density at radius 2 is 2.00 bits per heavy atom. The van der Waals surface area contributed by atoms with Gasteiger partial charge in [0.2, 0.25) is 5.91 Å². The number of methoxy groups -OCH3 is 1. The van der Waals surface area contributed by atoms with Crippen molar-refractivity contribution >= 4 is 18.3 Å². The zero-order chi connectivity index (χ0) is 16.7. The molecule has 2 heterocycles. The van der Waals surface area contributed by atoms with Gasteiger partial charge >= 0.3 is 0 Å². The molecule has 2 aliphatic heterocycles. The van der Waals surface area contributed by atoms with Crippen molar-refractivity contribution in [3.63, 3.8) is 0 Å². The first kappa shape index (κ1) is 19.1. The molecule has 2 fully saturated rings. The number of piperidine rings is 1. The summed E-state index contributed by atoms with van der Waals surface area (Å²) in [4.78, 5) is 15.4. The number of para-hydroxylation sites is 1. The third-order valence-electron chi connectivity index (χ3n) is 5.44. The third-order valence-corrected chi connectivity index (χ3v) is 5.44. The van der Waals surface area contributed by atoms with Crippen LogP contribution in [0.15, 0.2) is 24.3 Å². The van der Waals surface area contributed by atoms with Gasteiger partial charge in [0.15, 0.2) is 0 Å². The number of rotatable bonds is 2. The van der Waals surface area contributed by atoms with Crippen molar-refractivity contribution in [2.24, 2.45) is 5.41 Å². The van der Waals surface area contributed by atoms with E-state index in [9.17, 15) is 4.79 Å². The standard InChI is InChI=1S/C19H28N2O2.ClH/c1-18(2,3)21-12-15(14-8-5-6-9-16(14)23-4)19(17(21)22)10-7-11-20-13-19;/h5-6,8-9,15,20H,7,10-13H2,1-4H3;1H. The van der Waals surface area contributed by atoms with Crippen molar-refractivity contribution in [1.29, 1.82) is 0 Å². The Labute approximate surface area is 151 Å². The van der Waals surface area contributed by atoms with Crippen LogP contribution in [-0.2, 0) is 4.79 Å². The van der Waals surface area contributed by atoms with E-state index in [1.54, 1.807) is 7.11 Å². The first-order valence-electron chi connectivity index (χ1n) is 8.56. The largest absolute Gasteiger partial charge is 0.496 e. The minimum absolute atomic E-state index is 0. The first-order chi connectivity index (χ1) is 10.9. The summed E-state index contributed by atoms with van der Waals surface area (Å²) < 4.78 is 5.60. The fourth-order valence-corrected chi connectivity index (χ4v) is 4.20. The molecule has 1 aromatic carbocycles. The predicted octanol–water partition coefficient (Wildman–Crippen LogP) is 3.21. The number of halogens is 1. The monoisotopic (exact) mass is 352 g/mol. The number of likely N-dealkylation sites (tertiary alicyclic amines) is 1. The highest BCUT2D eigenvalue weighted by molar-refractivity contribution is 5.88. The molecule has 2 unspecified atom stereocenters. The van der Waals surface area contributed by atoms with Crippen molar-refractivity contribution in [3.8, 4) is 5.75 Å². The van der Waals surface area contributed by atoms with Crippen LogP contribution in [0.4, 0.5) is 0 Å². The van der Waals surface area contributed by atoms with Crippen molar-refractivity contribution in [2.75, 3.05) is 26.7 Å². The zero-order valence-corrected chi connectivity index (χ0v) is 15.9. The fourth-order valence-electron chi connectivity index (χ4n) is 4.20. The average molecular weight is 353 g/mol. The maximum Gasteiger partial charge on any atom is 0.231 e. The van der Waals surface area contributed by atoms with Gasteiger partial charge in [-0.25, -0.2) is 0 Å². The Balaban J connectivity index is 0.00000208. The number of nitrogens with one attached hydrogen (secondary N) is 1. The molecule has 4 nitrogen and oxygen atoms in total. The normalized spacial score (nSPS) is 27.2. The summed E-state index contributed by atoms with van der Waals surface area (Å²) >= 11 is 0. The lowest BCUT2D eigenvalue weighted by atomic mass is 9.69. The van der Waals surface area contributed by atoms with Gasteiger partial charge in [0.25, 0.3) is 0 Å². The Bertz CT molecular complexity index is 591. The number of nitrogens with zero attached hydrogens (tertiary/aromatic N) is 1. The highest BCUT2D eigenvalue weighted by atomic mass is 35.5. The van der Waals surface area contributed by atoms with Gasteiger partial charge in [0.1, 0.15) is 5.75 Å². The maximum atomic E-state index is 13.4. The van der Waals surface area contributed by atoms with Gasteiger partial charge in [-0.05, 0) is 46.2 Å². The molecule has 2 saturated heterocycles. The second kappa shape index (κ2) is 6.93. The molecule has 2 aliphatic rings. The second-order valence-corrected chi connectivity index (χ2v) is 7.82. The third kappa shape index (κ3) is 3.02. The summed E-state index contributed by atoms with van der Waals surface area (Å²) in [5.74, 6) is 1.37. The van der Waals surface area contributed by atoms with Crippen LogP contribution < -0.4 is 10.1 Å². The molecule has 0 radical (unpaired) electrons. The van der Waals surface area contributed by atoms with Crippen LogP contribution in [0.2, 0.25) is 0 Å². The number of hydrogen-bond donors (Lipinski definition) is 1. The van der Waals surface area contributed by atoms with E-state index in [2.05, 4.69) is 37.1 Å². The van der Waals surface area contributed by atoms with E-state index < -0.39 is 0 Å². The molecule has 1 aromatic rings. The molecule has 1 N–H and O–H groups in total. The fraction of sp³-hybridized carbons (Fsp3) is 0.632. The van der Waals surface area contributed by atoms with Gasteiger partial charge in [0.05, 0.1) is 12.5 Å². The van der Waals surface area contributed by atoms with Crippen molar-refractivity contribution in [2.45, 2.75) is 45.1 Å². The molecule has 0 saturated carbocycles. The van der Waals surface area contributed by atoms with E-state index in [0.29, 0.717) is 5.91 Å². The summed E-state index contributed by atoms with van der Waals surface area (Å²) in [5, 5.41) is 3.47. The summed E-state index contributed by atoms with van der Waals surface area (Å²) in [5.41, 5.74) is 0.678. The number of carbonyl (C=O) groups excluding carboxylic acids is 1. The lowest BCUT2D eigenvalue weighted by Gasteiger charge is -2.38. The quantitative estimate of drug-likeness (QED) is 0.888. The van der Waals surface area contributed by atoms with Gasteiger partial charge in [-0.3, -0.25) is 4.79 Å². The van der Waals surface area contributed by atoms with Gasteiger partial charge < -0.3 is 15.0 Å². The second-order valence-electron chi connectivity index (χ2n) is 7.82. The van der Waals surface area contributed by atoms with Crippen molar-refractivity contribution < 1.29 is 9.53 Å². The summed E-state index contributed by atoms with van der Waals surface area (Å²) in [6.07, 6.45) is 2.00. The Morgan fingerprint density at radius 3 is 2.58 bits per heavy atom. The molecule has 5 heteroatoms. The van der Waals surface area contributed by atoms with Gasteiger partial charge in [0, 0.05) is 30.1 Å². The molecule has 24 heavy (non-hydrogen) atoms. The Kier molecular flexibility index (Phi) is 5.50. The topological polar surface area (TPSA) is 41.6 Å². The van der Waals surface area contributed by atoms with Crippen molar-refractivity contribution in [1.82, 2.24) is 10.2 Å².